The summed E-state index contributed by atoms with van der Waals surface area (Å²) < 4.78 is 1.77. The predicted octanol–water partition coefficient (Wildman–Crippen LogP) is 2.01. The SMILES string of the molecule is CCCNc1nc(C)cc(-c2ccn(C)n2)n1. The highest BCUT2D eigenvalue weighted by molar-refractivity contribution is 5.55. The van der Waals surface area contributed by atoms with E-state index in [1.54, 1.807) is 4.68 Å². The largest absolute Gasteiger partial charge is 0.354 e. The summed E-state index contributed by atoms with van der Waals surface area (Å²) in [6.07, 6.45) is 2.96. The normalized spacial score (nSPS) is 10.5. The number of nitrogens with zero attached hydrogens (tertiary/aromatic N) is 4. The second-order valence-corrected chi connectivity index (χ2v) is 4.02. The molecule has 0 atom stereocenters. The van der Waals surface area contributed by atoms with Crippen LogP contribution in [-0.4, -0.2) is 26.3 Å². The van der Waals surface area contributed by atoms with Gasteiger partial charge in [0.1, 0.15) is 5.69 Å². The Labute approximate surface area is 101 Å². The summed E-state index contributed by atoms with van der Waals surface area (Å²) >= 11 is 0. The Balaban J connectivity index is 2.31. The number of anilines is 1. The summed E-state index contributed by atoms with van der Waals surface area (Å²) in [6, 6.07) is 3.89. The first-order valence-corrected chi connectivity index (χ1v) is 5.78. The van der Waals surface area contributed by atoms with Crippen LogP contribution in [0.25, 0.3) is 11.4 Å². The van der Waals surface area contributed by atoms with Gasteiger partial charge in [0.15, 0.2) is 0 Å². The molecular weight excluding hydrogens is 214 g/mol. The lowest BCUT2D eigenvalue weighted by Crippen LogP contribution is -2.06. The van der Waals surface area contributed by atoms with Crippen LogP contribution >= 0.6 is 0 Å². The molecule has 90 valence electrons. The molecule has 0 amide bonds. The topological polar surface area (TPSA) is 55.6 Å². The average molecular weight is 231 g/mol. The minimum Gasteiger partial charge on any atom is -0.354 e. The fourth-order valence-corrected chi connectivity index (χ4v) is 1.57. The maximum absolute atomic E-state index is 4.46. The van der Waals surface area contributed by atoms with Crippen LogP contribution in [-0.2, 0) is 7.05 Å². The van der Waals surface area contributed by atoms with Gasteiger partial charge in [-0.3, -0.25) is 4.68 Å². The van der Waals surface area contributed by atoms with E-state index in [4.69, 9.17) is 0 Å². The lowest BCUT2D eigenvalue weighted by molar-refractivity contribution is 0.769. The van der Waals surface area contributed by atoms with Gasteiger partial charge in [0, 0.05) is 25.5 Å². The molecule has 5 nitrogen and oxygen atoms in total. The second kappa shape index (κ2) is 4.95. The fraction of sp³-hybridized carbons (Fsp3) is 0.417. The van der Waals surface area contributed by atoms with Crippen LogP contribution in [0.1, 0.15) is 19.0 Å². The Morgan fingerprint density at radius 3 is 2.76 bits per heavy atom. The summed E-state index contributed by atoms with van der Waals surface area (Å²) in [5.74, 6) is 0.674. The second-order valence-electron chi connectivity index (χ2n) is 4.02. The highest BCUT2D eigenvalue weighted by Gasteiger charge is 2.06. The van der Waals surface area contributed by atoms with Gasteiger partial charge in [-0.1, -0.05) is 6.92 Å². The van der Waals surface area contributed by atoms with Crippen molar-refractivity contribution in [2.75, 3.05) is 11.9 Å². The Hall–Kier alpha value is -1.91. The zero-order valence-corrected chi connectivity index (χ0v) is 10.4. The molecule has 0 saturated heterocycles. The van der Waals surface area contributed by atoms with Gasteiger partial charge < -0.3 is 5.32 Å². The maximum atomic E-state index is 4.46. The van der Waals surface area contributed by atoms with E-state index in [-0.39, 0.29) is 0 Å². The van der Waals surface area contributed by atoms with Crippen molar-refractivity contribution in [3.05, 3.63) is 24.0 Å². The van der Waals surface area contributed by atoms with Crippen molar-refractivity contribution in [3.8, 4) is 11.4 Å². The number of hydrogen-bond donors (Lipinski definition) is 1. The molecule has 0 saturated carbocycles. The van der Waals surface area contributed by atoms with Gasteiger partial charge in [0.2, 0.25) is 5.95 Å². The molecule has 2 aromatic heterocycles. The van der Waals surface area contributed by atoms with Gasteiger partial charge in [-0.2, -0.15) is 5.10 Å². The van der Waals surface area contributed by atoms with Crippen molar-refractivity contribution < 1.29 is 0 Å². The van der Waals surface area contributed by atoms with Crippen molar-refractivity contribution in [1.29, 1.82) is 0 Å². The van der Waals surface area contributed by atoms with Crippen LogP contribution in [0, 0.1) is 6.92 Å². The number of aryl methyl sites for hydroxylation is 2. The monoisotopic (exact) mass is 231 g/mol. The van der Waals surface area contributed by atoms with E-state index in [1.807, 2.05) is 32.3 Å². The third kappa shape index (κ3) is 2.81. The Morgan fingerprint density at radius 1 is 1.29 bits per heavy atom. The molecule has 5 heteroatoms. The molecule has 1 N–H and O–H groups in total. The minimum atomic E-state index is 0.674. The molecule has 0 aromatic carbocycles. The lowest BCUT2D eigenvalue weighted by atomic mass is 10.2. The molecule has 0 aliphatic carbocycles. The third-order valence-corrected chi connectivity index (χ3v) is 2.36. The molecular formula is C12H17N5. The van der Waals surface area contributed by atoms with Gasteiger partial charge in [0.25, 0.3) is 0 Å². The van der Waals surface area contributed by atoms with Crippen LogP contribution in [0.15, 0.2) is 18.3 Å². The van der Waals surface area contributed by atoms with Crippen molar-refractivity contribution in [3.63, 3.8) is 0 Å². The zero-order chi connectivity index (χ0) is 12.3. The molecule has 0 aliphatic heterocycles. The third-order valence-electron chi connectivity index (χ3n) is 2.36. The van der Waals surface area contributed by atoms with E-state index in [0.717, 1.165) is 30.0 Å². The van der Waals surface area contributed by atoms with Gasteiger partial charge in [-0.05, 0) is 25.5 Å². The van der Waals surface area contributed by atoms with E-state index in [1.165, 1.54) is 0 Å². The van der Waals surface area contributed by atoms with Crippen molar-refractivity contribution in [1.82, 2.24) is 19.7 Å². The Morgan fingerprint density at radius 2 is 2.12 bits per heavy atom. The van der Waals surface area contributed by atoms with E-state index in [9.17, 15) is 0 Å². The fourth-order valence-electron chi connectivity index (χ4n) is 1.57. The number of nitrogens with one attached hydrogen (secondary N) is 1. The highest BCUT2D eigenvalue weighted by atomic mass is 15.3. The summed E-state index contributed by atoms with van der Waals surface area (Å²) in [6.45, 7) is 4.96. The van der Waals surface area contributed by atoms with Crippen molar-refractivity contribution in [2.45, 2.75) is 20.3 Å². The first-order valence-electron chi connectivity index (χ1n) is 5.78. The number of hydrogen-bond acceptors (Lipinski definition) is 4. The van der Waals surface area contributed by atoms with E-state index < -0.39 is 0 Å². The first-order chi connectivity index (χ1) is 8.19. The van der Waals surface area contributed by atoms with Gasteiger partial charge >= 0.3 is 0 Å². The van der Waals surface area contributed by atoms with Crippen LogP contribution < -0.4 is 5.32 Å². The molecule has 2 aromatic rings. The molecule has 0 aliphatic rings. The molecule has 0 spiro atoms. The first kappa shape index (κ1) is 11.6. The summed E-state index contributed by atoms with van der Waals surface area (Å²) in [7, 11) is 1.90. The molecule has 2 rings (SSSR count). The van der Waals surface area contributed by atoms with E-state index >= 15 is 0 Å². The minimum absolute atomic E-state index is 0.674. The lowest BCUT2D eigenvalue weighted by Gasteiger charge is -2.05. The van der Waals surface area contributed by atoms with Gasteiger partial charge in [-0.25, -0.2) is 9.97 Å². The Bertz CT molecular complexity index is 503. The Kier molecular flexibility index (Phi) is 3.37. The molecule has 0 bridgehead atoms. The summed E-state index contributed by atoms with van der Waals surface area (Å²) in [5.41, 5.74) is 2.67. The summed E-state index contributed by atoms with van der Waals surface area (Å²) in [4.78, 5) is 8.80. The maximum Gasteiger partial charge on any atom is 0.223 e. The van der Waals surface area contributed by atoms with Crippen LogP contribution in [0.4, 0.5) is 5.95 Å². The molecule has 0 fully saturated rings. The van der Waals surface area contributed by atoms with Crippen LogP contribution in [0.2, 0.25) is 0 Å². The van der Waals surface area contributed by atoms with Crippen LogP contribution in [0.3, 0.4) is 0 Å². The standard InChI is InChI=1S/C12H17N5/c1-4-6-13-12-14-9(2)8-11(15-12)10-5-7-17(3)16-10/h5,7-8H,4,6H2,1-3H3,(H,13,14,15). The van der Waals surface area contributed by atoms with Crippen molar-refractivity contribution in [2.24, 2.45) is 7.05 Å². The summed E-state index contributed by atoms with van der Waals surface area (Å²) in [5, 5.41) is 7.54. The van der Waals surface area contributed by atoms with E-state index in [2.05, 4.69) is 27.3 Å². The quantitative estimate of drug-likeness (QED) is 0.874. The molecule has 2 heterocycles. The van der Waals surface area contributed by atoms with Gasteiger partial charge in [-0.15, -0.1) is 0 Å². The number of rotatable bonds is 4. The predicted molar refractivity (Wildman–Crippen MR) is 67.8 cm³/mol. The van der Waals surface area contributed by atoms with Crippen LogP contribution in [0.5, 0.6) is 0 Å². The van der Waals surface area contributed by atoms with Gasteiger partial charge in [0.05, 0.1) is 5.69 Å². The molecule has 0 radical (unpaired) electrons. The smallest absolute Gasteiger partial charge is 0.223 e. The molecule has 17 heavy (non-hydrogen) atoms. The average Bonchev–Trinajstić information content (AvgIpc) is 2.72. The zero-order valence-electron chi connectivity index (χ0n) is 10.4. The molecule has 0 unspecified atom stereocenters. The highest BCUT2D eigenvalue weighted by Crippen LogP contribution is 2.16. The number of aromatic nitrogens is 4. The van der Waals surface area contributed by atoms with E-state index in [0.29, 0.717) is 5.95 Å². The van der Waals surface area contributed by atoms with Crippen molar-refractivity contribution >= 4 is 5.95 Å².